The third kappa shape index (κ3) is 4.24. The van der Waals surface area contributed by atoms with E-state index in [0.29, 0.717) is 29.3 Å². The maximum Gasteiger partial charge on any atom is 0.251 e. The van der Waals surface area contributed by atoms with E-state index >= 15 is 0 Å². The molecule has 0 aliphatic carbocycles. The Bertz CT molecular complexity index is 998. The molecule has 1 aromatic heterocycles. The summed E-state index contributed by atoms with van der Waals surface area (Å²) in [6, 6.07) is 14.6. The SMILES string of the molecule is COc1ccc2cc(CCNC(=O)Cc3ccccc3Cl)c(=O)[nH]c2c1. The number of halogens is 1. The summed E-state index contributed by atoms with van der Waals surface area (Å²) in [5.74, 6) is 0.563. The van der Waals surface area contributed by atoms with Gasteiger partial charge < -0.3 is 15.0 Å². The lowest BCUT2D eigenvalue weighted by molar-refractivity contribution is -0.120. The average molecular weight is 371 g/mol. The van der Waals surface area contributed by atoms with Gasteiger partial charge in [-0.25, -0.2) is 0 Å². The summed E-state index contributed by atoms with van der Waals surface area (Å²) in [7, 11) is 1.58. The first-order valence-corrected chi connectivity index (χ1v) is 8.64. The summed E-state index contributed by atoms with van der Waals surface area (Å²) in [5, 5.41) is 4.32. The highest BCUT2D eigenvalue weighted by Crippen LogP contribution is 2.18. The highest BCUT2D eigenvalue weighted by Gasteiger charge is 2.08. The van der Waals surface area contributed by atoms with Gasteiger partial charge in [0.1, 0.15) is 5.75 Å². The number of aromatic amines is 1. The van der Waals surface area contributed by atoms with Crippen LogP contribution in [-0.2, 0) is 17.6 Å². The van der Waals surface area contributed by atoms with Crippen molar-refractivity contribution in [2.45, 2.75) is 12.8 Å². The van der Waals surface area contributed by atoms with Gasteiger partial charge >= 0.3 is 0 Å². The number of pyridine rings is 1. The Labute approximate surface area is 156 Å². The first kappa shape index (κ1) is 18.0. The number of ether oxygens (including phenoxy) is 1. The Morgan fingerprint density at radius 1 is 1.15 bits per heavy atom. The molecule has 0 saturated carbocycles. The van der Waals surface area contributed by atoms with Crippen LogP contribution in [0.3, 0.4) is 0 Å². The van der Waals surface area contributed by atoms with Gasteiger partial charge in [0.15, 0.2) is 0 Å². The summed E-state index contributed by atoms with van der Waals surface area (Å²) in [4.78, 5) is 27.1. The maximum atomic E-state index is 12.2. The van der Waals surface area contributed by atoms with E-state index in [1.807, 2.05) is 36.4 Å². The second kappa shape index (κ2) is 8.06. The Morgan fingerprint density at radius 3 is 2.73 bits per heavy atom. The van der Waals surface area contributed by atoms with Crippen LogP contribution < -0.4 is 15.6 Å². The third-order valence-electron chi connectivity index (χ3n) is 4.16. The van der Waals surface area contributed by atoms with Gasteiger partial charge in [0.05, 0.1) is 19.0 Å². The molecule has 134 valence electrons. The number of hydrogen-bond donors (Lipinski definition) is 2. The third-order valence-corrected chi connectivity index (χ3v) is 4.52. The molecule has 3 rings (SSSR count). The first-order chi connectivity index (χ1) is 12.6. The van der Waals surface area contributed by atoms with Crippen molar-refractivity contribution in [2.24, 2.45) is 0 Å². The lowest BCUT2D eigenvalue weighted by Crippen LogP contribution is -2.28. The standard InChI is InChI=1S/C20H19ClN2O3/c1-26-16-7-6-14-10-15(20(25)23-18(14)12-16)8-9-22-19(24)11-13-4-2-3-5-17(13)21/h2-7,10,12H,8-9,11H2,1H3,(H,22,24)(H,23,25). The molecule has 26 heavy (non-hydrogen) atoms. The number of carbonyl (C=O) groups is 1. The monoisotopic (exact) mass is 370 g/mol. The molecule has 0 saturated heterocycles. The molecule has 0 bridgehead atoms. The van der Waals surface area contributed by atoms with Gasteiger partial charge in [0.25, 0.3) is 5.56 Å². The summed E-state index contributed by atoms with van der Waals surface area (Å²) >= 11 is 6.06. The summed E-state index contributed by atoms with van der Waals surface area (Å²) in [6.45, 7) is 0.383. The molecule has 0 aliphatic heterocycles. The fraction of sp³-hybridized carbons (Fsp3) is 0.200. The van der Waals surface area contributed by atoms with Crippen molar-refractivity contribution in [3.63, 3.8) is 0 Å². The molecule has 0 radical (unpaired) electrons. The van der Waals surface area contributed by atoms with Gasteiger partial charge in [0, 0.05) is 23.2 Å². The van der Waals surface area contributed by atoms with E-state index in [1.165, 1.54) is 0 Å². The largest absolute Gasteiger partial charge is 0.497 e. The predicted molar refractivity (Wildman–Crippen MR) is 103 cm³/mol. The molecule has 1 heterocycles. The second-order valence-electron chi connectivity index (χ2n) is 5.95. The number of hydrogen-bond acceptors (Lipinski definition) is 3. The highest BCUT2D eigenvalue weighted by molar-refractivity contribution is 6.31. The normalized spacial score (nSPS) is 10.7. The molecule has 1 amide bonds. The van der Waals surface area contributed by atoms with Crippen molar-refractivity contribution in [3.05, 3.63) is 75.0 Å². The van der Waals surface area contributed by atoms with Gasteiger partial charge in [-0.1, -0.05) is 29.8 Å². The number of amides is 1. The number of H-pyrrole nitrogens is 1. The van der Waals surface area contributed by atoms with E-state index in [0.717, 1.165) is 16.5 Å². The predicted octanol–water partition coefficient (Wildman–Crippen LogP) is 3.09. The molecule has 2 N–H and O–H groups in total. The van der Waals surface area contributed by atoms with Crippen molar-refractivity contribution in [2.75, 3.05) is 13.7 Å². The molecule has 0 unspecified atom stereocenters. The molecule has 0 spiro atoms. The minimum atomic E-state index is -0.161. The van der Waals surface area contributed by atoms with Crippen molar-refractivity contribution < 1.29 is 9.53 Å². The summed E-state index contributed by atoms with van der Waals surface area (Å²) in [5.41, 5.74) is 1.97. The molecular weight excluding hydrogens is 352 g/mol. The van der Waals surface area contributed by atoms with Crippen LogP contribution in [0.5, 0.6) is 5.75 Å². The first-order valence-electron chi connectivity index (χ1n) is 8.27. The molecule has 2 aromatic carbocycles. The van der Waals surface area contributed by atoms with Crippen LogP contribution in [0.25, 0.3) is 10.9 Å². The molecule has 0 fully saturated rings. The van der Waals surface area contributed by atoms with Crippen LogP contribution in [0.4, 0.5) is 0 Å². The molecule has 3 aromatic rings. The number of carbonyl (C=O) groups excluding carboxylic acids is 1. The zero-order chi connectivity index (χ0) is 18.5. The van der Waals surface area contributed by atoms with E-state index in [9.17, 15) is 9.59 Å². The van der Waals surface area contributed by atoms with E-state index in [-0.39, 0.29) is 17.9 Å². The number of methoxy groups -OCH3 is 1. The molecular formula is C20H19ClN2O3. The van der Waals surface area contributed by atoms with Gasteiger partial charge in [-0.2, -0.15) is 0 Å². The Hall–Kier alpha value is -2.79. The average Bonchev–Trinajstić information content (AvgIpc) is 2.63. The maximum absolute atomic E-state index is 12.2. The van der Waals surface area contributed by atoms with Crippen LogP contribution in [0.15, 0.2) is 53.3 Å². The molecule has 6 heteroatoms. The number of nitrogens with one attached hydrogen (secondary N) is 2. The van der Waals surface area contributed by atoms with Crippen molar-refractivity contribution in [1.29, 1.82) is 0 Å². The van der Waals surface area contributed by atoms with Gasteiger partial charge in [-0.3, -0.25) is 9.59 Å². The van der Waals surface area contributed by atoms with Crippen LogP contribution in [-0.4, -0.2) is 24.5 Å². The minimum absolute atomic E-state index is 0.125. The lowest BCUT2D eigenvalue weighted by Gasteiger charge is -2.08. The number of rotatable bonds is 6. The second-order valence-corrected chi connectivity index (χ2v) is 6.35. The van der Waals surface area contributed by atoms with Gasteiger partial charge in [-0.05, 0) is 41.6 Å². The zero-order valence-electron chi connectivity index (χ0n) is 14.3. The summed E-state index contributed by atoms with van der Waals surface area (Å²) < 4.78 is 5.16. The van der Waals surface area contributed by atoms with Crippen LogP contribution >= 0.6 is 11.6 Å². The summed E-state index contributed by atoms with van der Waals surface area (Å²) in [6.07, 6.45) is 0.666. The molecule has 0 atom stereocenters. The van der Waals surface area contributed by atoms with E-state index in [2.05, 4.69) is 10.3 Å². The fourth-order valence-corrected chi connectivity index (χ4v) is 2.95. The zero-order valence-corrected chi connectivity index (χ0v) is 15.1. The minimum Gasteiger partial charge on any atom is -0.497 e. The van der Waals surface area contributed by atoms with E-state index in [4.69, 9.17) is 16.3 Å². The number of aromatic nitrogens is 1. The quantitative estimate of drug-likeness (QED) is 0.700. The van der Waals surface area contributed by atoms with Crippen LogP contribution in [0.2, 0.25) is 5.02 Å². The topological polar surface area (TPSA) is 71.2 Å². The molecule has 0 aliphatic rings. The van der Waals surface area contributed by atoms with Crippen LogP contribution in [0, 0.1) is 0 Å². The van der Waals surface area contributed by atoms with Gasteiger partial charge in [-0.15, -0.1) is 0 Å². The fourth-order valence-electron chi connectivity index (χ4n) is 2.75. The highest BCUT2D eigenvalue weighted by atomic mass is 35.5. The Balaban J connectivity index is 1.62. The van der Waals surface area contributed by atoms with E-state index < -0.39 is 0 Å². The van der Waals surface area contributed by atoms with E-state index in [1.54, 1.807) is 19.2 Å². The lowest BCUT2D eigenvalue weighted by atomic mass is 10.1. The number of fused-ring (bicyclic) bond motifs is 1. The molecule has 5 nitrogen and oxygen atoms in total. The van der Waals surface area contributed by atoms with Crippen molar-refractivity contribution >= 4 is 28.4 Å². The smallest absolute Gasteiger partial charge is 0.251 e. The van der Waals surface area contributed by atoms with Crippen LogP contribution in [0.1, 0.15) is 11.1 Å². The Morgan fingerprint density at radius 2 is 1.96 bits per heavy atom. The van der Waals surface area contributed by atoms with Gasteiger partial charge in [0.2, 0.25) is 5.91 Å². The number of benzene rings is 2. The Kier molecular flexibility index (Phi) is 5.58. The van der Waals surface area contributed by atoms with Crippen molar-refractivity contribution in [1.82, 2.24) is 10.3 Å². The van der Waals surface area contributed by atoms with Crippen molar-refractivity contribution in [3.8, 4) is 5.75 Å².